The van der Waals surface area contributed by atoms with Gasteiger partial charge in [0.05, 0.1) is 27.3 Å². The number of hydrogen-bond donors (Lipinski definition) is 2. The third-order valence-corrected chi connectivity index (χ3v) is 4.22. The maximum absolute atomic E-state index is 13.3. The van der Waals surface area contributed by atoms with Crippen molar-refractivity contribution < 1.29 is 4.39 Å². The Morgan fingerprint density at radius 1 is 1.21 bits per heavy atom. The summed E-state index contributed by atoms with van der Waals surface area (Å²) in [7, 11) is 0. The Balaban J connectivity index is 2.05. The second-order valence-electron chi connectivity index (χ2n) is 3.98. The molecule has 3 aromatic rings. The highest BCUT2D eigenvalue weighted by molar-refractivity contribution is 9.10. The largest absolute Gasteiger partial charge is 0.395 e. The van der Waals surface area contributed by atoms with Crippen LogP contribution in [-0.2, 0) is 0 Å². The minimum absolute atomic E-state index is 0.306. The van der Waals surface area contributed by atoms with Gasteiger partial charge in [0, 0.05) is 4.47 Å². The molecule has 0 fully saturated rings. The first-order valence-electron chi connectivity index (χ1n) is 5.49. The lowest BCUT2D eigenvalue weighted by Gasteiger charge is -2.11. The summed E-state index contributed by atoms with van der Waals surface area (Å²) in [5.74, 6) is -0.306. The summed E-state index contributed by atoms with van der Waals surface area (Å²) in [6.07, 6.45) is 0. The number of nitrogens with one attached hydrogen (secondary N) is 1. The van der Waals surface area contributed by atoms with E-state index in [1.54, 1.807) is 11.6 Å². The quantitative estimate of drug-likeness (QED) is 0.675. The Kier molecular flexibility index (Phi) is 3.12. The van der Waals surface area contributed by atoms with E-state index in [2.05, 4.69) is 26.2 Å². The first kappa shape index (κ1) is 12.4. The van der Waals surface area contributed by atoms with Crippen molar-refractivity contribution in [3.05, 3.63) is 46.1 Å². The van der Waals surface area contributed by atoms with E-state index in [1.165, 1.54) is 23.5 Å². The van der Waals surface area contributed by atoms with Crippen molar-refractivity contribution in [2.24, 2.45) is 0 Å². The van der Waals surface area contributed by atoms with Crippen LogP contribution < -0.4 is 11.1 Å². The van der Waals surface area contributed by atoms with Crippen molar-refractivity contribution in [2.45, 2.75) is 0 Å². The second-order valence-corrected chi connectivity index (χ2v) is 5.72. The maximum Gasteiger partial charge on any atom is 0.125 e. The molecule has 0 radical (unpaired) electrons. The molecule has 0 saturated carbocycles. The number of nitrogens with two attached hydrogens (primary N) is 1. The highest BCUT2D eigenvalue weighted by atomic mass is 79.9. The summed E-state index contributed by atoms with van der Waals surface area (Å²) in [6.45, 7) is 0. The fourth-order valence-electron chi connectivity index (χ4n) is 1.80. The molecule has 3 nitrogen and oxygen atoms in total. The van der Waals surface area contributed by atoms with Crippen LogP contribution in [0, 0.1) is 5.82 Å². The molecule has 6 heteroatoms. The molecule has 3 N–H and O–H groups in total. The van der Waals surface area contributed by atoms with E-state index in [0.29, 0.717) is 17.1 Å². The Morgan fingerprint density at radius 2 is 2.05 bits per heavy atom. The van der Waals surface area contributed by atoms with Gasteiger partial charge >= 0.3 is 0 Å². The highest BCUT2D eigenvalue weighted by Gasteiger charge is 2.09. The molecule has 19 heavy (non-hydrogen) atoms. The molecule has 0 spiro atoms. The minimum atomic E-state index is -0.306. The molecule has 1 aromatic heterocycles. The zero-order valence-corrected chi connectivity index (χ0v) is 12.1. The number of halogens is 2. The molecule has 0 saturated heterocycles. The van der Waals surface area contributed by atoms with Crippen LogP contribution in [-0.4, -0.2) is 4.98 Å². The van der Waals surface area contributed by atoms with Gasteiger partial charge in [-0.1, -0.05) is 0 Å². The standard InChI is InChI=1S/C13H9BrFN3S/c14-8-2-1-7(15)5-10(8)18-9-3-4-11-13(12(9)16)17-6-19-11/h1-6,18H,16H2. The third kappa shape index (κ3) is 2.29. The maximum atomic E-state index is 13.3. The number of nitrogens with zero attached hydrogens (tertiary/aromatic N) is 1. The number of thiazole rings is 1. The molecular formula is C13H9BrFN3S. The Labute approximate surface area is 121 Å². The van der Waals surface area contributed by atoms with E-state index in [0.717, 1.165) is 14.7 Å². The molecule has 96 valence electrons. The predicted molar refractivity (Wildman–Crippen MR) is 81.4 cm³/mol. The van der Waals surface area contributed by atoms with Crippen molar-refractivity contribution in [1.82, 2.24) is 4.98 Å². The van der Waals surface area contributed by atoms with Crippen LogP contribution in [0.2, 0.25) is 0 Å². The number of nitrogen functional groups attached to an aromatic ring is 1. The number of hydrogen-bond acceptors (Lipinski definition) is 4. The predicted octanol–water partition coefficient (Wildman–Crippen LogP) is 4.52. The van der Waals surface area contributed by atoms with Gasteiger partial charge in [-0.2, -0.15) is 0 Å². The van der Waals surface area contributed by atoms with E-state index in [1.807, 2.05) is 12.1 Å². The summed E-state index contributed by atoms with van der Waals surface area (Å²) in [5.41, 5.74) is 10.5. The van der Waals surface area contributed by atoms with Crippen LogP contribution in [0.25, 0.3) is 10.2 Å². The van der Waals surface area contributed by atoms with E-state index in [-0.39, 0.29) is 5.82 Å². The summed E-state index contributed by atoms with van der Waals surface area (Å²) >= 11 is 4.91. The topological polar surface area (TPSA) is 50.9 Å². The summed E-state index contributed by atoms with van der Waals surface area (Å²) in [5, 5.41) is 3.12. The zero-order valence-electron chi connectivity index (χ0n) is 9.65. The van der Waals surface area contributed by atoms with Crippen molar-refractivity contribution in [3.63, 3.8) is 0 Å². The molecule has 0 atom stereocenters. The number of anilines is 3. The Morgan fingerprint density at radius 3 is 2.89 bits per heavy atom. The number of fused-ring (bicyclic) bond motifs is 1. The first-order chi connectivity index (χ1) is 9.15. The minimum Gasteiger partial charge on any atom is -0.395 e. The Bertz CT molecular complexity index is 757. The molecule has 0 aliphatic heterocycles. The van der Waals surface area contributed by atoms with Crippen LogP contribution in [0.15, 0.2) is 40.3 Å². The van der Waals surface area contributed by atoms with E-state index in [9.17, 15) is 4.39 Å². The van der Waals surface area contributed by atoms with Gasteiger partial charge in [-0.25, -0.2) is 9.37 Å². The molecule has 0 amide bonds. The van der Waals surface area contributed by atoms with Gasteiger partial charge in [0.15, 0.2) is 0 Å². The third-order valence-electron chi connectivity index (χ3n) is 2.74. The number of rotatable bonds is 2. The van der Waals surface area contributed by atoms with Gasteiger partial charge < -0.3 is 11.1 Å². The molecule has 1 heterocycles. The van der Waals surface area contributed by atoms with Gasteiger partial charge in [0.2, 0.25) is 0 Å². The number of aromatic nitrogens is 1. The van der Waals surface area contributed by atoms with Crippen LogP contribution in [0.3, 0.4) is 0 Å². The monoisotopic (exact) mass is 337 g/mol. The van der Waals surface area contributed by atoms with Gasteiger partial charge in [0.1, 0.15) is 11.3 Å². The summed E-state index contributed by atoms with van der Waals surface area (Å²) in [4.78, 5) is 4.23. The normalized spacial score (nSPS) is 10.8. The molecule has 0 aliphatic rings. The van der Waals surface area contributed by atoms with Gasteiger partial charge in [-0.3, -0.25) is 0 Å². The molecule has 2 aromatic carbocycles. The lowest BCUT2D eigenvalue weighted by molar-refractivity contribution is 0.628. The fourth-order valence-corrected chi connectivity index (χ4v) is 2.84. The first-order valence-corrected chi connectivity index (χ1v) is 7.16. The zero-order chi connectivity index (χ0) is 13.4. The van der Waals surface area contributed by atoms with Gasteiger partial charge in [0.25, 0.3) is 0 Å². The Hall–Kier alpha value is -1.66. The van der Waals surface area contributed by atoms with Gasteiger partial charge in [-0.15, -0.1) is 11.3 Å². The smallest absolute Gasteiger partial charge is 0.125 e. The van der Waals surface area contributed by atoms with Crippen molar-refractivity contribution in [3.8, 4) is 0 Å². The second kappa shape index (κ2) is 4.79. The van der Waals surface area contributed by atoms with Crippen LogP contribution in [0.5, 0.6) is 0 Å². The lowest BCUT2D eigenvalue weighted by atomic mass is 10.2. The average molecular weight is 338 g/mol. The van der Waals surface area contributed by atoms with Gasteiger partial charge in [-0.05, 0) is 46.3 Å². The fraction of sp³-hybridized carbons (Fsp3) is 0. The van der Waals surface area contributed by atoms with E-state index in [4.69, 9.17) is 5.73 Å². The van der Waals surface area contributed by atoms with Crippen LogP contribution >= 0.6 is 27.3 Å². The summed E-state index contributed by atoms with van der Waals surface area (Å²) in [6, 6.07) is 8.26. The highest BCUT2D eigenvalue weighted by Crippen LogP contribution is 2.34. The van der Waals surface area contributed by atoms with Crippen molar-refractivity contribution in [2.75, 3.05) is 11.1 Å². The van der Waals surface area contributed by atoms with E-state index >= 15 is 0 Å². The van der Waals surface area contributed by atoms with Crippen LogP contribution in [0.4, 0.5) is 21.5 Å². The molecule has 0 bridgehead atoms. The summed E-state index contributed by atoms with van der Waals surface area (Å²) < 4.78 is 15.1. The average Bonchev–Trinajstić information content (AvgIpc) is 2.86. The molecule has 0 unspecified atom stereocenters. The molecule has 3 rings (SSSR count). The van der Waals surface area contributed by atoms with E-state index < -0.39 is 0 Å². The molecule has 0 aliphatic carbocycles. The molecular weight excluding hydrogens is 329 g/mol. The number of benzene rings is 2. The van der Waals surface area contributed by atoms with Crippen molar-refractivity contribution in [1.29, 1.82) is 0 Å². The van der Waals surface area contributed by atoms with Crippen LogP contribution in [0.1, 0.15) is 0 Å². The van der Waals surface area contributed by atoms with Crippen molar-refractivity contribution >= 4 is 54.5 Å². The SMILES string of the molecule is Nc1c(Nc2cc(F)ccc2Br)ccc2scnc12. The lowest BCUT2D eigenvalue weighted by Crippen LogP contribution is -1.98.